The fourth-order valence-corrected chi connectivity index (χ4v) is 2.96. The van der Waals surface area contributed by atoms with Gasteiger partial charge < -0.3 is 11.1 Å². The first-order chi connectivity index (χ1) is 8.95. The molecular weight excluding hydrogens is 236 g/mol. The quantitative estimate of drug-likeness (QED) is 0.853. The van der Waals surface area contributed by atoms with Gasteiger partial charge in [-0.15, -0.1) is 0 Å². The van der Waals surface area contributed by atoms with E-state index in [9.17, 15) is 4.79 Å². The SMILES string of the molecule is CC(C)CC(C)(CN)NC(=O)C1Cc2ccccc21. The van der Waals surface area contributed by atoms with Gasteiger partial charge in [-0.3, -0.25) is 4.79 Å². The Morgan fingerprint density at radius 2 is 2.16 bits per heavy atom. The Balaban J connectivity index is 2.02. The van der Waals surface area contributed by atoms with Crippen LogP contribution >= 0.6 is 0 Å². The molecule has 0 saturated heterocycles. The molecule has 1 aromatic rings. The van der Waals surface area contributed by atoms with E-state index in [1.165, 1.54) is 11.1 Å². The van der Waals surface area contributed by atoms with Crippen molar-refractivity contribution in [3.63, 3.8) is 0 Å². The van der Waals surface area contributed by atoms with Crippen LogP contribution in [0.15, 0.2) is 24.3 Å². The van der Waals surface area contributed by atoms with E-state index in [1.54, 1.807) is 0 Å². The summed E-state index contributed by atoms with van der Waals surface area (Å²) in [5, 5.41) is 3.15. The molecule has 0 spiro atoms. The van der Waals surface area contributed by atoms with Gasteiger partial charge in [-0.05, 0) is 36.8 Å². The van der Waals surface area contributed by atoms with Crippen molar-refractivity contribution < 1.29 is 4.79 Å². The number of benzene rings is 1. The number of nitrogens with one attached hydrogen (secondary N) is 1. The van der Waals surface area contributed by atoms with Crippen molar-refractivity contribution in [2.24, 2.45) is 11.7 Å². The molecule has 1 aromatic carbocycles. The van der Waals surface area contributed by atoms with E-state index >= 15 is 0 Å². The zero-order chi connectivity index (χ0) is 14.0. The molecule has 0 heterocycles. The third-order valence-corrected chi connectivity index (χ3v) is 3.91. The second kappa shape index (κ2) is 5.33. The predicted octanol–water partition coefficient (Wildman–Crippen LogP) is 2.21. The predicted molar refractivity (Wildman–Crippen MR) is 77.9 cm³/mol. The number of carbonyl (C=O) groups is 1. The van der Waals surface area contributed by atoms with Gasteiger partial charge >= 0.3 is 0 Å². The molecule has 2 unspecified atom stereocenters. The summed E-state index contributed by atoms with van der Waals surface area (Å²) in [5.41, 5.74) is 8.01. The topological polar surface area (TPSA) is 55.1 Å². The first-order valence-corrected chi connectivity index (χ1v) is 7.05. The lowest BCUT2D eigenvalue weighted by Crippen LogP contribution is -2.54. The Kier molecular flexibility index (Phi) is 3.95. The zero-order valence-corrected chi connectivity index (χ0v) is 12.1. The van der Waals surface area contributed by atoms with E-state index in [0.717, 1.165) is 12.8 Å². The second-order valence-electron chi connectivity index (χ2n) is 6.31. The number of hydrogen-bond donors (Lipinski definition) is 2. The Morgan fingerprint density at radius 1 is 1.47 bits per heavy atom. The van der Waals surface area contributed by atoms with Crippen LogP contribution in [-0.2, 0) is 11.2 Å². The normalized spacial score (nSPS) is 20.4. The first kappa shape index (κ1) is 14.1. The molecule has 0 fully saturated rings. The van der Waals surface area contributed by atoms with Gasteiger partial charge in [-0.1, -0.05) is 38.1 Å². The smallest absolute Gasteiger partial charge is 0.228 e. The maximum absolute atomic E-state index is 12.4. The maximum atomic E-state index is 12.4. The van der Waals surface area contributed by atoms with Gasteiger partial charge in [0.05, 0.1) is 5.92 Å². The van der Waals surface area contributed by atoms with Crippen molar-refractivity contribution >= 4 is 5.91 Å². The molecule has 1 amide bonds. The standard InChI is InChI=1S/C16H24N2O/c1-11(2)9-16(3,10-17)18-15(19)14-8-12-6-4-5-7-13(12)14/h4-7,11,14H,8-10,17H2,1-3H3,(H,18,19). The third-order valence-electron chi connectivity index (χ3n) is 3.91. The van der Waals surface area contributed by atoms with Crippen molar-refractivity contribution in [3.05, 3.63) is 35.4 Å². The highest BCUT2D eigenvalue weighted by Gasteiger charge is 2.35. The van der Waals surface area contributed by atoms with Gasteiger partial charge in [0, 0.05) is 12.1 Å². The molecule has 1 aliphatic rings. The number of carbonyl (C=O) groups excluding carboxylic acids is 1. The molecule has 3 N–H and O–H groups in total. The van der Waals surface area contributed by atoms with Crippen molar-refractivity contribution in [2.75, 3.05) is 6.54 Å². The Morgan fingerprint density at radius 3 is 2.74 bits per heavy atom. The number of amides is 1. The van der Waals surface area contributed by atoms with Gasteiger partial charge in [0.1, 0.15) is 0 Å². The van der Waals surface area contributed by atoms with Crippen molar-refractivity contribution in [1.82, 2.24) is 5.32 Å². The largest absolute Gasteiger partial charge is 0.349 e. The molecule has 3 nitrogen and oxygen atoms in total. The summed E-state index contributed by atoms with van der Waals surface area (Å²) in [7, 11) is 0. The number of nitrogens with two attached hydrogens (primary N) is 1. The van der Waals surface area contributed by atoms with E-state index in [2.05, 4.69) is 25.2 Å². The molecular formula is C16H24N2O. The van der Waals surface area contributed by atoms with Crippen LogP contribution in [-0.4, -0.2) is 18.0 Å². The third kappa shape index (κ3) is 2.98. The number of fused-ring (bicyclic) bond motifs is 1. The fraction of sp³-hybridized carbons (Fsp3) is 0.562. The molecule has 3 heteroatoms. The summed E-state index contributed by atoms with van der Waals surface area (Å²) in [4.78, 5) is 12.4. The van der Waals surface area contributed by atoms with Gasteiger partial charge in [0.25, 0.3) is 0 Å². The van der Waals surface area contributed by atoms with Gasteiger partial charge in [0.15, 0.2) is 0 Å². The van der Waals surface area contributed by atoms with Crippen molar-refractivity contribution in [1.29, 1.82) is 0 Å². The minimum absolute atomic E-state index is 0.00855. The van der Waals surface area contributed by atoms with Crippen LogP contribution < -0.4 is 11.1 Å². The Labute approximate surface area is 115 Å². The summed E-state index contributed by atoms with van der Waals surface area (Å²) in [6.07, 6.45) is 1.76. The Hall–Kier alpha value is -1.35. The lowest BCUT2D eigenvalue weighted by atomic mass is 9.76. The van der Waals surface area contributed by atoms with E-state index in [0.29, 0.717) is 12.5 Å². The molecule has 0 bridgehead atoms. The average molecular weight is 260 g/mol. The lowest BCUT2D eigenvalue weighted by molar-refractivity contribution is -0.125. The maximum Gasteiger partial charge on any atom is 0.228 e. The molecule has 1 aliphatic carbocycles. The molecule has 0 aliphatic heterocycles. The molecule has 0 radical (unpaired) electrons. The van der Waals surface area contributed by atoms with Crippen LogP contribution in [0.1, 0.15) is 44.2 Å². The van der Waals surface area contributed by atoms with Gasteiger partial charge in [0.2, 0.25) is 5.91 Å². The van der Waals surface area contributed by atoms with Crippen LogP contribution in [0.3, 0.4) is 0 Å². The monoisotopic (exact) mass is 260 g/mol. The van der Waals surface area contributed by atoms with Gasteiger partial charge in [-0.2, -0.15) is 0 Å². The van der Waals surface area contributed by atoms with Crippen LogP contribution in [0.25, 0.3) is 0 Å². The minimum atomic E-state index is -0.296. The average Bonchev–Trinajstić information content (AvgIpc) is 2.29. The summed E-state index contributed by atoms with van der Waals surface area (Å²) >= 11 is 0. The number of rotatable bonds is 5. The zero-order valence-electron chi connectivity index (χ0n) is 12.1. The number of hydrogen-bond acceptors (Lipinski definition) is 2. The van der Waals surface area contributed by atoms with E-state index in [-0.39, 0.29) is 17.4 Å². The summed E-state index contributed by atoms with van der Waals surface area (Å²) in [6.45, 7) is 6.82. The Bertz CT molecular complexity index is 470. The van der Waals surface area contributed by atoms with E-state index in [4.69, 9.17) is 5.73 Å². The molecule has 104 valence electrons. The molecule has 0 aromatic heterocycles. The molecule has 0 saturated carbocycles. The van der Waals surface area contributed by atoms with E-state index in [1.807, 2.05) is 25.1 Å². The molecule has 2 atom stereocenters. The van der Waals surface area contributed by atoms with Crippen LogP contribution in [0.5, 0.6) is 0 Å². The highest BCUT2D eigenvalue weighted by atomic mass is 16.2. The van der Waals surface area contributed by atoms with Crippen LogP contribution in [0, 0.1) is 5.92 Å². The van der Waals surface area contributed by atoms with Gasteiger partial charge in [-0.25, -0.2) is 0 Å². The summed E-state index contributed by atoms with van der Waals surface area (Å²) in [5.74, 6) is 0.643. The lowest BCUT2D eigenvalue weighted by Gasteiger charge is -2.36. The minimum Gasteiger partial charge on any atom is -0.349 e. The molecule has 19 heavy (non-hydrogen) atoms. The molecule has 2 rings (SSSR count). The van der Waals surface area contributed by atoms with E-state index < -0.39 is 0 Å². The second-order valence-corrected chi connectivity index (χ2v) is 6.31. The van der Waals surface area contributed by atoms with Crippen LogP contribution in [0.2, 0.25) is 0 Å². The van der Waals surface area contributed by atoms with Crippen molar-refractivity contribution in [3.8, 4) is 0 Å². The highest BCUT2D eigenvalue weighted by Crippen LogP contribution is 2.35. The summed E-state index contributed by atoms with van der Waals surface area (Å²) < 4.78 is 0. The van der Waals surface area contributed by atoms with Crippen molar-refractivity contribution in [2.45, 2.75) is 45.1 Å². The first-order valence-electron chi connectivity index (χ1n) is 7.05. The van der Waals surface area contributed by atoms with Crippen LogP contribution in [0.4, 0.5) is 0 Å². The summed E-state index contributed by atoms with van der Waals surface area (Å²) in [6, 6.07) is 8.16. The highest BCUT2D eigenvalue weighted by molar-refractivity contribution is 5.87. The fourth-order valence-electron chi connectivity index (χ4n) is 2.96.